The van der Waals surface area contributed by atoms with Crippen LogP contribution in [0.15, 0.2) is 18.3 Å². The average molecular weight is 261 g/mol. The van der Waals surface area contributed by atoms with E-state index < -0.39 is 6.04 Å². The lowest BCUT2D eigenvalue weighted by molar-refractivity contribution is -0.119. The Morgan fingerprint density at radius 1 is 1.44 bits per heavy atom. The Bertz CT molecular complexity index is 664. The molecule has 2 aromatic rings. The van der Waals surface area contributed by atoms with Crippen molar-refractivity contribution in [2.24, 2.45) is 0 Å². The van der Waals surface area contributed by atoms with Gasteiger partial charge in [-0.2, -0.15) is 0 Å². The van der Waals surface area contributed by atoms with E-state index in [2.05, 4.69) is 10.3 Å². The minimum atomic E-state index is -0.469. The second-order valence-corrected chi connectivity index (χ2v) is 5.24. The summed E-state index contributed by atoms with van der Waals surface area (Å²) in [5.74, 6) is -0.313. The molecular weight excluding hydrogens is 250 g/mol. The zero-order valence-electron chi connectivity index (χ0n) is 9.93. The molecular formula is C12H11N3O2S. The van der Waals surface area contributed by atoms with Gasteiger partial charge in [0.1, 0.15) is 15.7 Å². The van der Waals surface area contributed by atoms with E-state index in [0.29, 0.717) is 10.6 Å². The molecule has 0 aliphatic carbocycles. The molecule has 0 fully saturated rings. The first kappa shape index (κ1) is 11.2. The number of anilines is 1. The molecule has 0 radical (unpaired) electrons. The number of pyridine rings is 1. The molecule has 0 unspecified atom stereocenters. The molecule has 0 saturated heterocycles. The largest absolute Gasteiger partial charge is 0.329 e. The van der Waals surface area contributed by atoms with Crippen molar-refractivity contribution in [2.75, 3.05) is 12.4 Å². The number of carbonyl (C=O) groups excluding carboxylic acids is 2. The molecule has 1 atom stereocenters. The van der Waals surface area contributed by atoms with Gasteiger partial charge in [-0.05, 0) is 19.1 Å². The first-order valence-corrected chi connectivity index (χ1v) is 6.37. The van der Waals surface area contributed by atoms with Crippen molar-refractivity contribution < 1.29 is 9.59 Å². The molecule has 3 rings (SSSR count). The molecule has 18 heavy (non-hydrogen) atoms. The molecule has 3 heterocycles. The molecule has 0 spiro atoms. The summed E-state index contributed by atoms with van der Waals surface area (Å²) in [6.45, 7) is 1.71. The van der Waals surface area contributed by atoms with Crippen LogP contribution in [0.1, 0.15) is 16.6 Å². The molecule has 6 heteroatoms. The van der Waals surface area contributed by atoms with Gasteiger partial charge in [-0.1, -0.05) is 0 Å². The number of fused-ring (bicyclic) bond motifs is 3. The lowest BCUT2D eigenvalue weighted by Gasteiger charge is -2.19. The molecule has 0 aromatic carbocycles. The van der Waals surface area contributed by atoms with Gasteiger partial charge < -0.3 is 10.2 Å². The third-order valence-electron chi connectivity index (χ3n) is 3.19. The molecule has 0 saturated carbocycles. The van der Waals surface area contributed by atoms with Gasteiger partial charge >= 0.3 is 0 Å². The maximum absolute atomic E-state index is 12.3. The van der Waals surface area contributed by atoms with E-state index >= 15 is 0 Å². The molecule has 1 aliphatic heterocycles. The Kier molecular flexibility index (Phi) is 2.34. The van der Waals surface area contributed by atoms with Crippen LogP contribution in [0.4, 0.5) is 5.69 Å². The monoisotopic (exact) mass is 261 g/mol. The predicted molar refractivity (Wildman–Crippen MR) is 69.8 cm³/mol. The zero-order chi connectivity index (χ0) is 12.9. The lowest BCUT2D eigenvalue weighted by Crippen LogP contribution is -2.40. The Hall–Kier alpha value is -1.95. The van der Waals surface area contributed by atoms with Crippen molar-refractivity contribution in [2.45, 2.75) is 13.0 Å². The van der Waals surface area contributed by atoms with Gasteiger partial charge in [-0.25, -0.2) is 4.98 Å². The van der Waals surface area contributed by atoms with Crippen LogP contribution in [0.5, 0.6) is 0 Å². The summed E-state index contributed by atoms with van der Waals surface area (Å²) in [6, 6.07) is 3.19. The van der Waals surface area contributed by atoms with Crippen LogP contribution in [0, 0.1) is 0 Å². The molecule has 2 amide bonds. The zero-order valence-corrected chi connectivity index (χ0v) is 10.7. The van der Waals surface area contributed by atoms with Crippen LogP contribution in [-0.2, 0) is 4.79 Å². The summed E-state index contributed by atoms with van der Waals surface area (Å²) in [5.41, 5.74) is 0.592. The van der Waals surface area contributed by atoms with E-state index in [9.17, 15) is 9.59 Å². The molecule has 1 N–H and O–H groups in total. The van der Waals surface area contributed by atoms with E-state index in [1.165, 1.54) is 16.2 Å². The molecule has 2 aromatic heterocycles. The van der Waals surface area contributed by atoms with Crippen molar-refractivity contribution >= 4 is 39.1 Å². The van der Waals surface area contributed by atoms with Gasteiger partial charge in [0.25, 0.3) is 5.91 Å². The van der Waals surface area contributed by atoms with Gasteiger partial charge in [0.15, 0.2) is 0 Å². The normalized spacial score (nSPS) is 19.7. The minimum absolute atomic E-state index is 0.140. The van der Waals surface area contributed by atoms with E-state index in [1.807, 2.05) is 6.07 Å². The van der Waals surface area contributed by atoms with Crippen LogP contribution in [0.25, 0.3) is 10.2 Å². The lowest BCUT2D eigenvalue weighted by atomic mass is 10.2. The van der Waals surface area contributed by atoms with Gasteiger partial charge in [0.2, 0.25) is 5.91 Å². The van der Waals surface area contributed by atoms with Crippen LogP contribution in [-0.4, -0.2) is 34.8 Å². The average Bonchev–Trinajstić information content (AvgIpc) is 2.71. The van der Waals surface area contributed by atoms with E-state index in [4.69, 9.17) is 0 Å². The quantitative estimate of drug-likeness (QED) is 0.785. The fourth-order valence-electron chi connectivity index (χ4n) is 1.95. The van der Waals surface area contributed by atoms with E-state index in [-0.39, 0.29) is 11.8 Å². The Morgan fingerprint density at radius 2 is 2.22 bits per heavy atom. The third kappa shape index (κ3) is 1.42. The minimum Gasteiger partial charge on any atom is -0.329 e. The standard InChI is InChI=1S/C12H11N3O2S/c1-6-10(16)14-8-7-4-3-5-13-11(7)18-9(8)12(17)15(6)2/h3-6H,1-2H3,(H,14,16)/t6-/m0/s1. The first-order chi connectivity index (χ1) is 8.59. The van der Waals surface area contributed by atoms with Crippen molar-refractivity contribution in [1.29, 1.82) is 0 Å². The number of nitrogens with zero attached hydrogens (tertiary/aromatic N) is 2. The van der Waals surface area contributed by atoms with Crippen LogP contribution < -0.4 is 5.32 Å². The number of aromatic nitrogens is 1. The predicted octanol–water partition coefficient (Wildman–Crippen LogP) is 1.71. The Labute approximate surface area is 107 Å². The van der Waals surface area contributed by atoms with Gasteiger partial charge in [-0.3, -0.25) is 9.59 Å². The second kappa shape index (κ2) is 3.78. The fraction of sp³-hybridized carbons (Fsp3) is 0.250. The highest BCUT2D eigenvalue weighted by atomic mass is 32.1. The number of thiophene rings is 1. The maximum atomic E-state index is 12.3. The van der Waals surface area contributed by atoms with Crippen LogP contribution in [0.2, 0.25) is 0 Å². The van der Waals surface area contributed by atoms with Gasteiger partial charge in [-0.15, -0.1) is 11.3 Å². The molecule has 5 nitrogen and oxygen atoms in total. The first-order valence-electron chi connectivity index (χ1n) is 5.55. The summed E-state index contributed by atoms with van der Waals surface area (Å²) < 4.78 is 0. The van der Waals surface area contributed by atoms with Gasteiger partial charge in [0, 0.05) is 18.6 Å². The van der Waals surface area contributed by atoms with Crippen molar-refractivity contribution in [3.05, 3.63) is 23.2 Å². The summed E-state index contributed by atoms with van der Waals surface area (Å²) in [5, 5.41) is 3.65. The molecule has 1 aliphatic rings. The number of rotatable bonds is 0. The SMILES string of the molecule is C[C@H]1C(=O)Nc2c(sc3ncccc23)C(=O)N1C. The molecule has 0 bridgehead atoms. The summed E-state index contributed by atoms with van der Waals surface area (Å²) in [6.07, 6.45) is 1.68. The number of hydrogen-bond donors (Lipinski definition) is 1. The number of nitrogens with one attached hydrogen (secondary N) is 1. The highest BCUT2D eigenvalue weighted by Crippen LogP contribution is 2.36. The topological polar surface area (TPSA) is 62.3 Å². The van der Waals surface area contributed by atoms with Crippen LogP contribution in [0.3, 0.4) is 0 Å². The highest BCUT2D eigenvalue weighted by Gasteiger charge is 2.32. The fourth-order valence-corrected chi connectivity index (χ4v) is 3.03. The van der Waals surface area contributed by atoms with Crippen molar-refractivity contribution in [3.63, 3.8) is 0 Å². The third-order valence-corrected chi connectivity index (χ3v) is 4.29. The van der Waals surface area contributed by atoms with Crippen molar-refractivity contribution in [3.8, 4) is 0 Å². The second-order valence-electron chi connectivity index (χ2n) is 4.24. The van der Waals surface area contributed by atoms with Gasteiger partial charge in [0.05, 0.1) is 5.69 Å². The number of likely N-dealkylation sites (N-methyl/N-ethyl adjacent to an activating group) is 1. The number of amides is 2. The molecule has 92 valence electrons. The number of hydrogen-bond acceptors (Lipinski definition) is 4. The Balaban J connectivity index is 2.28. The summed E-state index contributed by atoms with van der Waals surface area (Å²) >= 11 is 1.31. The number of carbonyl (C=O) groups is 2. The highest BCUT2D eigenvalue weighted by molar-refractivity contribution is 7.21. The van der Waals surface area contributed by atoms with Crippen LogP contribution >= 0.6 is 11.3 Å². The Morgan fingerprint density at radius 3 is 3.00 bits per heavy atom. The van der Waals surface area contributed by atoms with E-state index in [0.717, 1.165) is 10.2 Å². The van der Waals surface area contributed by atoms with Crippen molar-refractivity contribution in [1.82, 2.24) is 9.88 Å². The summed E-state index contributed by atoms with van der Waals surface area (Å²) in [4.78, 5) is 31.2. The maximum Gasteiger partial charge on any atom is 0.266 e. The van der Waals surface area contributed by atoms with E-state index in [1.54, 1.807) is 26.2 Å². The summed E-state index contributed by atoms with van der Waals surface area (Å²) in [7, 11) is 1.64. The smallest absolute Gasteiger partial charge is 0.266 e.